The lowest BCUT2D eigenvalue weighted by atomic mass is 9.93. The molecule has 1 aliphatic heterocycles. The molecule has 0 amide bonds. The molecule has 15 heavy (non-hydrogen) atoms. The van der Waals surface area contributed by atoms with E-state index in [-0.39, 0.29) is 12.0 Å². The van der Waals surface area contributed by atoms with Gasteiger partial charge in [0.2, 0.25) is 0 Å². The second-order valence-electron chi connectivity index (χ2n) is 3.77. The van der Waals surface area contributed by atoms with Crippen LogP contribution in [-0.2, 0) is 0 Å². The Morgan fingerprint density at radius 1 is 1.27 bits per heavy atom. The molecule has 82 valence electrons. The Kier molecular flexibility index (Phi) is 2.69. The number of hydrogen-bond acceptors (Lipinski definition) is 1. The van der Waals surface area contributed by atoms with Gasteiger partial charge in [0.1, 0.15) is 5.82 Å². The summed E-state index contributed by atoms with van der Waals surface area (Å²) in [6.45, 7) is 0.509. The fourth-order valence-corrected chi connectivity index (χ4v) is 1.91. The van der Waals surface area contributed by atoms with E-state index < -0.39 is 17.8 Å². The molecule has 1 aliphatic rings. The van der Waals surface area contributed by atoms with Crippen molar-refractivity contribution in [2.75, 3.05) is 6.54 Å². The van der Waals surface area contributed by atoms with E-state index in [1.165, 1.54) is 18.2 Å². The van der Waals surface area contributed by atoms with Crippen molar-refractivity contribution in [2.45, 2.75) is 24.8 Å². The zero-order valence-electron chi connectivity index (χ0n) is 8.14. The molecule has 1 unspecified atom stereocenters. The van der Waals surface area contributed by atoms with E-state index in [2.05, 4.69) is 5.32 Å². The molecule has 1 N–H and O–H groups in total. The Balaban J connectivity index is 2.33. The Hall–Kier alpha value is -1.03. The lowest BCUT2D eigenvalue weighted by Crippen LogP contribution is -2.42. The molecule has 0 saturated carbocycles. The maximum atomic E-state index is 13.5. The Morgan fingerprint density at radius 3 is 2.67 bits per heavy atom. The normalized spacial score (nSPS) is 25.1. The number of rotatable bonds is 1. The van der Waals surface area contributed by atoms with Crippen LogP contribution in [0.25, 0.3) is 0 Å². The average molecular weight is 215 g/mol. The molecule has 1 atom stereocenters. The summed E-state index contributed by atoms with van der Waals surface area (Å²) in [7, 11) is 0. The minimum atomic E-state index is -2.86. The molecule has 1 saturated heterocycles. The van der Waals surface area contributed by atoms with Crippen LogP contribution in [-0.4, -0.2) is 12.5 Å². The molecule has 0 bridgehead atoms. The predicted octanol–water partition coefficient (Wildman–Crippen LogP) is 2.89. The maximum absolute atomic E-state index is 13.5. The highest BCUT2D eigenvalue weighted by Gasteiger charge is 2.43. The topological polar surface area (TPSA) is 12.0 Å². The molecular formula is C11H12F3N. The number of piperidine rings is 1. The third-order valence-corrected chi connectivity index (χ3v) is 2.67. The third kappa shape index (κ3) is 2.00. The summed E-state index contributed by atoms with van der Waals surface area (Å²) in [4.78, 5) is 0. The monoisotopic (exact) mass is 215 g/mol. The van der Waals surface area contributed by atoms with E-state index in [1.54, 1.807) is 6.07 Å². The molecule has 1 fully saturated rings. The molecule has 2 rings (SSSR count). The number of halogens is 3. The first-order chi connectivity index (χ1) is 7.11. The van der Waals surface area contributed by atoms with Gasteiger partial charge in [0, 0.05) is 12.0 Å². The summed E-state index contributed by atoms with van der Waals surface area (Å²) < 4.78 is 40.4. The van der Waals surface area contributed by atoms with Crippen LogP contribution in [0.3, 0.4) is 0 Å². The van der Waals surface area contributed by atoms with Crippen molar-refractivity contribution in [1.82, 2.24) is 5.32 Å². The third-order valence-electron chi connectivity index (χ3n) is 2.67. The van der Waals surface area contributed by atoms with Gasteiger partial charge in [-0.25, -0.2) is 13.2 Å². The lowest BCUT2D eigenvalue weighted by Gasteiger charge is -2.32. The summed E-state index contributed by atoms with van der Waals surface area (Å²) in [5, 5.41) is 2.68. The Labute approximate surface area is 86.3 Å². The zero-order valence-corrected chi connectivity index (χ0v) is 8.14. The second-order valence-corrected chi connectivity index (χ2v) is 3.77. The second kappa shape index (κ2) is 3.85. The molecular weight excluding hydrogens is 203 g/mol. The number of benzene rings is 1. The van der Waals surface area contributed by atoms with Crippen LogP contribution in [0.1, 0.15) is 24.4 Å². The van der Waals surface area contributed by atoms with Crippen molar-refractivity contribution in [2.24, 2.45) is 0 Å². The quantitative estimate of drug-likeness (QED) is 0.759. The fourth-order valence-electron chi connectivity index (χ4n) is 1.91. The molecule has 1 heterocycles. The van der Waals surface area contributed by atoms with Gasteiger partial charge in [0.05, 0.1) is 6.04 Å². The highest BCUT2D eigenvalue weighted by atomic mass is 19.3. The van der Waals surface area contributed by atoms with Crippen molar-refractivity contribution in [3.05, 3.63) is 35.6 Å². The van der Waals surface area contributed by atoms with Gasteiger partial charge < -0.3 is 5.32 Å². The summed E-state index contributed by atoms with van der Waals surface area (Å²) in [6, 6.07) is 4.51. The van der Waals surface area contributed by atoms with Crippen LogP contribution in [0.5, 0.6) is 0 Å². The minimum Gasteiger partial charge on any atom is -0.305 e. The Morgan fingerprint density at radius 2 is 2.00 bits per heavy atom. The van der Waals surface area contributed by atoms with Crippen molar-refractivity contribution in [3.63, 3.8) is 0 Å². The smallest absolute Gasteiger partial charge is 0.267 e. The van der Waals surface area contributed by atoms with Crippen LogP contribution in [0.4, 0.5) is 13.2 Å². The van der Waals surface area contributed by atoms with Gasteiger partial charge >= 0.3 is 0 Å². The molecule has 1 aromatic rings. The van der Waals surface area contributed by atoms with Crippen molar-refractivity contribution in [3.8, 4) is 0 Å². The van der Waals surface area contributed by atoms with Crippen LogP contribution < -0.4 is 5.32 Å². The molecule has 1 aromatic carbocycles. The van der Waals surface area contributed by atoms with Crippen LogP contribution in [0, 0.1) is 5.82 Å². The predicted molar refractivity (Wildman–Crippen MR) is 51.3 cm³/mol. The van der Waals surface area contributed by atoms with Gasteiger partial charge in [0.15, 0.2) is 0 Å². The maximum Gasteiger partial charge on any atom is 0.267 e. The van der Waals surface area contributed by atoms with Gasteiger partial charge in [-0.3, -0.25) is 0 Å². The van der Waals surface area contributed by atoms with E-state index >= 15 is 0 Å². The summed E-state index contributed by atoms with van der Waals surface area (Å²) in [6.07, 6.45) is 0.247. The van der Waals surface area contributed by atoms with Gasteiger partial charge in [0.25, 0.3) is 5.92 Å². The summed E-state index contributed by atoms with van der Waals surface area (Å²) >= 11 is 0. The summed E-state index contributed by atoms with van der Waals surface area (Å²) in [5.74, 6) is -3.43. The van der Waals surface area contributed by atoms with Crippen molar-refractivity contribution in [1.29, 1.82) is 0 Å². The zero-order chi connectivity index (χ0) is 10.9. The number of hydrogen-bond donors (Lipinski definition) is 1. The molecule has 0 aliphatic carbocycles. The molecule has 4 heteroatoms. The standard InChI is InChI=1S/C11H12F3N/c12-9-5-2-1-4-8(9)10-11(13,14)6-3-7-15-10/h1-2,4-5,10,15H,3,6-7H2. The fraction of sp³-hybridized carbons (Fsp3) is 0.455. The van der Waals surface area contributed by atoms with Crippen LogP contribution >= 0.6 is 0 Å². The van der Waals surface area contributed by atoms with Gasteiger partial charge in [-0.05, 0) is 19.0 Å². The molecule has 0 spiro atoms. The Bertz CT molecular complexity index is 351. The SMILES string of the molecule is Fc1ccccc1C1NCCCC1(F)F. The number of alkyl halides is 2. The highest BCUT2D eigenvalue weighted by molar-refractivity contribution is 5.23. The molecule has 0 radical (unpaired) electrons. The van der Waals surface area contributed by atoms with Gasteiger partial charge in [-0.2, -0.15) is 0 Å². The van der Waals surface area contributed by atoms with Gasteiger partial charge in [-0.1, -0.05) is 18.2 Å². The first kappa shape index (κ1) is 10.5. The molecule has 0 aromatic heterocycles. The lowest BCUT2D eigenvalue weighted by molar-refractivity contribution is -0.0629. The summed E-state index contributed by atoms with van der Waals surface area (Å²) in [5.41, 5.74) is 0.0576. The first-order valence-electron chi connectivity index (χ1n) is 4.97. The average Bonchev–Trinajstić information content (AvgIpc) is 2.19. The first-order valence-corrected chi connectivity index (χ1v) is 4.97. The highest BCUT2D eigenvalue weighted by Crippen LogP contribution is 2.38. The number of nitrogens with one attached hydrogen (secondary N) is 1. The largest absolute Gasteiger partial charge is 0.305 e. The van der Waals surface area contributed by atoms with E-state index in [0.29, 0.717) is 13.0 Å². The minimum absolute atomic E-state index is 0.0576. The van der Waals surface area contributed by atoms with E-state index in [9.17, 15) is 13.2 Å². The van der Waals surface area contributed by atoms with Crippen LogP contribution in [0.2, 0.25) is 0 Å². The van der Waals surface area contributed by atoms with Crippen molar-refractivity contribution < 1.29 is 13.2 Å². The van der Waals surface area contributed by atoms with E-state index in [4.69, 9.17) is 0 Å². The van der Waals surface area contributed by atoms with E-state index in [0.717, 1.165) is 0 Å². The van der Waals surface area contributed by atoms with E-state index in [1.807, 2.05) is 0 Å². The molecule has 1 nitrogen and oxygen atoms in total. The van der Waals surface area contributed by atoms with Crippen molar-refractivity contribution >= 4 is 0 Å². The van der Waals surface area contributed by atoms with Gasteiger partial charge in [-0.15, -0.1) is 0 Å². The van der Waals surface area contributed by atoms with Crippen LogP contribution in [0.15, 0.2) is 24.3 Å².